The quantitative estimate of drug-likeness (QED) is 0.0196. The third-order valence-electron chi connectivity index (χ3n) is 19.6. The van der Waals surface area contributed by atoms with E-state index >= 15 is 0 Å². The maximum atomic E-state index is 14.7. The lowest BCUT2D eigenvalue weighted by Gasteiger charge is -2.44. The summed E-state index contributed by atoms with van der Waals surface area (Å²) in [4.78, 5) is 48.3. The van der Waals surface area contributed by atoms with Gasteiger partial charge in [0, 0.05) is 25.9 Å². The number of aliphatic hydroxyl groups excluding tert-OH is 1. The average Bonchev–Trinajstić information content (AvgIpc) is 0.793. The van der Waals surface area contributed by atoms with Crippen LogP contribution in [-0.2, 0) is 47.7 Å². The van der Waals surface area contributed by atoms with Gasteiger partial charge in [0.05, 0.1) is 50.8 Å². The minimum atomic E-state index is -1.37. The lowest BCUT2D eigenvalue weighted by molar-refractivity contribution is -0.362. The molecule has 0 saturated carbocycles. The molecular formula is C81H158N2O12. The Bertz CT molecular complexity index is 1580. The summed E-state index contributed by atoms with van der Waals surface area (Å²) in [6.45, 7) is 16.5. The van der Waals surface area contributed by atoms with Crippen molar-refractivity contribution in [2.75, 3.05) is 33.0 Å². The average molecular weight is 1350 g/mol. The lowest BCUT2D eigenvalue weighted by atomic mass is 9.95. The molecule has 564 valence electrons. The first-order valence-corrected chi connectivity index (χ1v) is 41.4. The van der Waals surface area contributed by atoms with E-state index in [0.29, 0.717) is 26.2 Å². The monoisotopic (exact) mass is 1350 g/mol. The van der Waals surface area contributed by atoms with Gasteiger partial charge in [-0.05, 0) is 45.4 Å². The first-order valence-electron chi connectivity index (χ1n) is 41.4. The van der Waals surface area contributed by atoms with Gasteiger partial charge in [-0.25, -0.2) is 4.89 Å². The molecule has 0 aliphatic carbocycles. The van der Waals surface area contributed by atoms with E-state index in [1.807, 2.05) is 6.92 Å². The molecule has 14 heteroatoms. The van der Waals surface area contributed by atoms with Crippen molar-refractivity contribution in [1.29, 1.82) is 0 Å². The Labute approximate surface area is 586 Å². The van der Waals surface area contributed by atoms with Gasteiger partial charge in [-0.1, -0.05) is 350 Å². The molecule has 1 heterocycles. The number of carbonyl (C=O) groups is 3. The molecule has 14 nitrogen and oxygen atoms in total. The SMILES string of the molecule is CCCCCCCCCCCC(CC(=O)NC(C)COC1OC(CO)C(OO)C(OC(=O)CC(CCCCCCCCCCC)OCCCCCCCCCC)C1NC(=O)CC(CCCCCCCCCCC)OCCCCCCCCCC)OCCCCCCCCCC. The highest BCUT2D eigenvalue weighted by Crippen LogP contribution is 2.29. The molecule has 0 bridgehead atoms. The normalized spacial score (nSPS) is 17.8. The molecule has 0 aromatic carbocycles. The van der Waals surface area contributed by atoms with Crippen molar-refractivity contribution in [3.05, 3.63) is 0 Å². The molecular weight excluding hydrogens is 1190 g/mol. The van der Waals surface area contributed by atoms with Crippen LogP contribution in [0.1, 0.15) is 414 Å². The molecule has 2 amide bonds. The van der Waals surface area contributed by atoms with E-state index in [0.717, 1.165) is 109 Å². The number of hydrogen-bond acceptors (Lipinski definition) is 12. The second-order valence-corrected chi connectivity index (χ2v) is 29.0. The van der Waals surface area contributed by atoms with E-state index in [9.17, 15) is 24.7 Å². The zero-order valence-electron chi connectivity index (χ0n) is 63.5. The molecule has 0 spiro atoms. The van der Waals surface area contributed by atoms with Crippen LogP contribution in [0, 0.1) is 0 Å². The number of unbranched alkanes of at least 4 members (excludes halogenated alkanes) is 45. The molecule has 1 saturated heterocycles. The van der Waals surface area contributed by atoms with Crippen molar-refractivity contribution in [1.82, 2.24) is 10.6 Å². The van der Waals surface area contributed by atoms with Crippen LogP contribution in [0.5, 0.6) is 0 Å². The second-order valence-electron chi connectivity index (χ2n) is 29.0. The Hall–Kier alpha value is -1.91. The van der Waals surface area contributed by atoms with Crippen LogP contribution in [0.25, 0.3) is 0 Å². The van der Waals surface area contributed by atoms with E-state index in [4.69, 9.17) is 33.3 Å². The van der Waals surface area contributed by atoms with Crippen molar-refractivity contribution in [2.24, 2.45) is 0 Å². The lowest BCUT2D eigenvalue weighted by Crippen LogP contribution is -2.66. The van der Waals surface area contributed by atoms with Crippen LogP contribution in [0.3, 0.4) is 0 Å². The molecule has 0 aromatic heterocycles. The number of aliphatic hydroxyl groups is 1. The van der Waals surface area contributed by atoms with Gasteiger partial charge >= 0.3 is 5.97 Å². The first-order chi connectivity index (χ1) is 46.6. The zero-order valence-corrected chi connectivity index (χ0v) is 63.5. The molecule has 0 radical (unpaired) electrons. The Balaban J connectivity index is 3.49. The maximum absolute atomic E-state index is 14.7. The highest BCUT2D eigenvalue weighted by atomic mass is 17.1. The Kier molecular flexibility index (Phi) is 66.3. The Morgan fingerprint density at radius 1 is 0.389 bits per heavy atom. The fourth-order valence-electron chi connectivity index (χ4n) is 13.5. The standard InChI is InChI=1S/C81H158N2O12/c1-8-14-20-26-32-38-41-47-53-59-71(89-62-56-50-44-35-29-23-17-11-4)65-75(85)82-70(7)69-92-81-78(83-76(86)66-72(60-54-48-42-39-33-27-21-15-9-2)90-63-57-51-45-36-30-24-18-12-5)80(79(95-88)74(68-84)93-81)94-77(87)67-73(61-55-49-43-40-34-28-22-16-10-3)91-64-58-52-46-37-31-25-19-13-6/h70-74,78-81,84,88H,8-69H2,1-7H3,(H,82,85)(H,83,86). The van der Waals surface area contributed by atoms with Crippen molar-refractivity contribution in [2.45, 2.75) is 469 Å². The van der Waals surface area contributed by atoms with Crippen LogP contribution in [0.15, 0.2) is 0 Å². The zero-order chi connectivity index (χ0) is 69.1. The number of hydrogen-bond donors (Lipinski definition) is 4. The van der Waals surface area contributed by atoms with Crippen LogP contribution >= 0.6 is 0 Å². The van der Waals surface area contributed by atoms with E-state index in [2.05, 4.69) is 52.2 Å². The van der Waals surface area contributed by atoms with Gasteiger partial charge in [-0.15, -0.1) is 0 Å². The summed E-state index contributed by atoms with van der Waals surface area (Å²) in [7, 11) is 0. The predicted molar refractivity (Wildman–Crippen MR) is 395 cm³/mol. The summed E-state index contributed by atoms with van der Waals surface area (Å²) in [5.41, 5.74) is 0. The number of carbonyl (C=O) groups excluding carboxylic acids is 3. The van der Waals surface area contributed by atoms with Gasteiger partial charge < -0.3 is 44.2 Å². The molecule has 1 aliphatic rings. The molecule has 0 aromatic rings. The summed E-state index contributed by atoms with van der Waals surface area (Å²) in [6, 6.07) is -1.66. The number of esters is 1. The van der Waals surface area contributed by atoms with E-state index < -0.39 is 49.3 Å². The Morgan fingerprint density at radius 2 is 0.684 bits per heavy atom. The van der Waals surface area contributed by atoms with E-state index in [1.165, 1.54) is 231 Å². The summed E-state index contributed by atoms with van der Waals surface area (Å²) >= 11 is 0. The fraction of sp³-hybridized carbons (Fsp3) is 0.963. The number of rotatable bonds is 74. The predicted octanol–water partition coefficient (Wildman–Crippen LogP) is 22.0. The number of nitrogens with one attached hydrogen (secondary N) is 2. The van der Waals surface area contributed by atoms with Gasteiger partial charge in [-0.2, -0.15) is 0 Å². The summed E-state index contributed by atoms with van der Waals surface area (Å²) in [6.07, 6.45) is 57.6. The maximum Gasteiger partial charge on any atom is 0.308 e. The summed E-state index contributed by atoms with van der Waals surface area (Å²) < 4.78 is 39.0. The molecule has 4 N–H and O–H groups in total. The number of amides is 2. The summed E-state index contributed by atoms with van der Waals surface area (Å²) in [5, 5.41) is 27.8. The van der Waals surface area contributed by atoms with Gasteiger partial charge in [0.2, 0.25) is 11.8 Å². The van der Waals surface area contributed by atoms with Crippen molar-refractivity contribution in [3.63, 3.8) is 0 Å². The number of ether oxygens (including phenoxy) is 6. The molecule has 1 aliphatic heterocycles. The highest BCUT2D eigenvalue weighted by Gasteiger charge is 2.51. The molecule has 1 fully saturated rings. The summed E-state index contributed by atoms with van der Waals surface area (Å²) in [5.74, 6) is -1.04. The second kappa shape index (κ2) is 69.2. The van der Waals surface area contributed by atoms with Crippen LogP contribution in [-0.4, -0.2) is 116 Å². The van der Waals surface area contributed by atoms with Crippen LogP contribution in [0.2, 0.25) is 0 Å². The van der Waals surface area contributed by atoms with Crippen LogP contribution < -0.4 is 10.6 Å². The fourth-order valence-corrected chi connectivity index (χ4v) is 13.5. The minimum absolute atomic E-state index is 0.0232. The Morgan fingerprint density at radius 3 is 1.00 bits per heavy atom. The van der Waals surface area contributed by atoms with Gasteiger partial charge in [-0.3, -0.25) is 19.6 Å². The van der Waals surface area contributed by atoms with Crippen molar-refractivity contribution >= 4 is 17.8 Å². The van der Waals surface area contributed by atoms with Crippen LogP contribution in [0.4, 0.5) is 0 Å². The smallest absolute Gasteiger partial charge is 0.308 e. The molecule has 95 heavy (non-hydrogen) atoms. The van der Waals surface area contributed by atoms with E-state index in [-0.39, 0.29) is 56.0 Å². The first kappa shape index (κ1) is 91.1. The largest absolute Gasteiger partial charge is 0.457 e. The third-order valence-corrected chi connectivity index (χ3v) is 19.6. The molecule has 9 atom stereocenters. The van der Waals surface area contributed by atoms with Gasteiger partial charge in [0.25, 0.3) is 0 Å². The van der Waals surface area contributed by atoms with Gasteiger partial charge in [0.15, 0.2) is 18.5 Å². The topological polar surface area (TPSA) is 180 Å². The van der Waals surface area contributed by atoms with Gasteiger partial charge in [0.1, 0.15) is 12.1 Å². The molecule has 1 rings (SSSR count). The van der Waals surface area contributed by atoms with E-state index in [1.54, 1.807) is 0 Å². The van der Waals surface area contributed by atoms with Crippen molar-refractivity contribution < 1.29 is 58.1 Å². The molecule has 9 unspecified atom stereocenters. The highest BCUT2D eigenvalue weighted by molar-refractivity contribution is 5.77. The minimum Gasteiger partial charge on any atom is -0.457 e. The van der Waals surface area contributed by atoms with Crippen molar-refractivity contribution in [3.8, 4) is 0 Å². The third kappa shape index (κ3) is 54.5.